The van der Waals surface area contributed by atoms with Crippen LogP contribution in [0.25, 0.3) is 0 Å². The van der Waals surface area contributed by atoms with E-state index in [4.69, 9.17) is 5.11 Å². The van der Waals surface area contributed by atoms with Crippen molar-refractivity contribution in [3.8, 4) is 0 Å². The van der Waals surface area contributed by atoms with Crippen molar-refractivity contribution >= 4 is 23.2 Å². The third-order valence-corrected chi connectivity index (χ3v) is 3.54. The van der Waals surface area contributed by atoms with E-state index in [1.54, 1.807) is 11.3 Å². The Kier molecular flexibility index (Phi) is 5.98. The molecule has 0 aliphatic rings. The van der Waals surface area contributed by atoms with E-state index < -0.39 is 11.6 Å². The molecule has 0 saturated carbocycles. The van der Waals surface area contributed by atoms with Crippen LogP contribution in [0.15, 0.2) is 17.5 Å². The predicted molar refractivity (Wildman–Crippen MR) is 73.1 cm³/mol. The summed E-state index contributed by atoms with van der Waals surface area (Å²) in [5.74, 6) is -1.25. The number of aliphatic hydroxyl groups is 1. The fourth-order valence-corrected chi connectivity index (χ4v) is 2.39. The van der Waals surface area contributed by atoms with Crippen molar-refractivity contribution in [1.29, 1.82) is 0 Å². The molecule has 0 radical (unpaired) electrons. The topological polar surface area (TPSA) is 86.6 Å². The van der Waals surface area contributed by atoms with Crippen LogP contribution >= 0.6 is 11.3 Å². The lowest BCUT2D eigenvalue weighted by Gasteiger charge is -2.21. The molecule has 0 aromatic carbocycles. The SMILES string of the molecule is CC(O)(CNC(=O)CCCc1cccs1)CC(=O)O. The van der Waals surface area contributed by atoms with Gasteiger partial charge in [0.2, 0.25) is 5.91 Å². The second-order valence-electron chi connectivity index (χ2n) is 4.78. The molecule has 19 heavy (non-hydrogen) atoms. The van der Waals surface area contributed by atoms with Crippen molar-refractivity contribution < 1.29 is 19.8 Å². The summed E-state index contributed by atoms with van der Waals surface area (Å²) >= 11 is 1.66. The summed E-state index contributed by atoms with van der Waals surface area (Å²) in [7, 11) is 0. The molecule has 5 nitrogen and oxygen atoms in total. The molecule has 1 aromatic rings. The van der Waals surface area contributed by atoms with Crippen LogP contribution in [0.5, 0.6) is 0 Å². The fourth-order valence-electron chi connectivity index (χ4n) is 1.64. The molecule has 0 saturated heterocycles. The maximum absolute atomic E-state index is 11.5. The van der Waals surface area contributed by atoms with Gasteiger partial charge in [0.05, 0.1) is 12.0 Å². The quantitative estimate of drug-likeness (QED) is 0.674. The van der Waals surface area contributed by atoms with Crippen molar-refractivity contribution in [2.45, 2.75) is 38.2 Å². The van der Waals surface area contributed by atoms with E-state index in [0.29, 0.717) is 6.42 Å². The Morgan fingerprint density at radius 2 is 2.21 bits per heavy atom. The molecule has 1 amide bonds. The number of hydrogen-bond acceptors (Lipinski definition) is 4. The number of hydrogen-bond donors (Lipinski definition) is 3. The van der Waals surface area contributed by atoms with Crippen molar-refractivity contribution in [3.63, 3.8) is 0 Å². The molecule has 0 aliphatic carbocycles. The molecule has 106 valence electrons. The lowest BCUT2D eigenvalue weighted by Crippen LogP contribution is -2.42. The van der Waals surface area contributed by atoms with E-state index in [9.17, 15) is 14.7 Å². The zero-order chi connectivity index (χ0) is 14.3. The number of amides is 1. The van der Waals surface area contributed by atoms with Gasteiger partial charge >= 0.3 is 5.97 Å². The molecule has 1 rings (SSSR count). The Hall–Kier alpha value is -1.40. The molecule has 1 unspecified atom stereocenters. The minimum Gasteiger partial charge on any atom is -0.481 e. The molecule has 1 atom stereocenters. The van der Waals surface area contributed by atoms with Crippen molar-refractivity contribution in [2.24, 2.45) is 0 Å². The lowest BCUT2D eigenvalue weighted by molar-refractivity contribution is -0.142. The Labute approximate surface area is 116 Å². The average Bonchev–Trinajstić information content (AvgIpc) is 2.78. The highest BCUT2D eigenvalue weighted by molar-refractivity contribution is 7.09. The van der Waals surface area contributed by atoms with Crippen molar-refractivity contribution in [1.82, 2.24) is 5.32 Å². The van der Waals surface area contributed by atoms with Crippen LogP contribution in [-0.4, -0.2) is 34.2 Å². The van der Waals surface area contributed by atoms with Crippen molar-refractivity contribution in [2.75, 3.05) is 6.54 Å². The highest BCUT2D eigenvalue weighted by Gasteiger charge is 2.24. The summed E-state index contributed by atoms with van der Waals surface area (Å²) in [6.45, 7) is 1.35. The van der Waals surface area contributed by atoms with Gasteiger partial charge in [-0.05, 0) is 31.2 Å². The second-order valence-corrected chi connectivity index (χ2v) is 5.81. The summed E-state index contributed by atoms with van der Waals surface area (Å²) in [6.07, 6.45) is 1.59. The molecular formula is C13H19NO4S. The Balaban J connectivity index is 2.18. The first-order chi connectivity index (χ1) is 8.89. The zero-order valence-corrected chi connectivity index (χ0v) is 11.7. The van der Waals surface area contributed by atoms with Gasteiger partial charge in [-0.2, -0.15) is 0 Å². The number of rotatable bonds is 8. The summed E-state index contributed by atoms with van der Waals surface area (Å²) in [4.78, 5) is 23.3. The van der Waals surface area contributed by atoms with Crippen LogP contribution in [0.3, 0.4) is 0 Å². The highest BCUT2D eigenvalue weighted by Crippen LogP contribution is 2.12. The van der Waals surface area contributed by atoms with Gasteiger partial charge in [0, 0.05) is 17.8 Å². The Morgan fingerprint density at radius 1 is 1.47 bits per heavy atom. The largest absolute Gasteiger partial charge is 0.481 e. The number of carboxylic acids is 1. The molecule has 6 heteroatoms. The third-order valence-electron chi connectivity index (χ3n) is 2.61. The average molecular weight is 285 g/mol. The van der Waals surface area contributed by atoms with Gasteiger partial charge in [0.1, 0.15) is 0 Å². The molecule has 0 fully saturated rings. The minimum atomic E-state index is -1.41. The van der Waals surface area contributed by atoms with E-state index in [0.717, 1.165) is 12.8 Å². The Morgan fingerprint density at radius 3 is 2.79 bits per heavy atom. The van der Waals surface area contributed by atoms with Crippen LogP contribution in [0.4, 0.5) is 0 Å². The van der Waals surface area contributed by atoms with Crippen LogP contribution in [0.2, 0.25) is 0 Å². The number of aliphatic carboxylic acids is 1. The number of nitrogens with one attached hydrogen (secondary N) is 1. The monoisotopic (exact) mass is 285 g/mol. The Bertz CT molecular complexity index is 414. The summed E-state index contributed by atoms with van der Waals surface area (Å²) in [6, 6.07) is 4.00. The first-order valence-corrected chi connectivity index (χ1v) is 7.00. The van der Waals surface area contributed by atoms with Gasteiger partial charge in [-0.1, -0.05) is 6.07 Å². The van der Waals surface area contributed by atoms with Crippen LogP contribution in [0, 0.1) is 0 Å². The van der Waals surface area contributed by atoms with Gasteiger partial charge in [-0.25, -0.2) is 0 Å². The molecule has 0 aliphatic heterocycles. The number of aryl methyl sites for hydroxylation is 1. The van der Waals surface area contributed by atoms with Crippen molar-refractivity contribution in [3.05, 3.63) is 22.4 Å². The van der Waals surface area contributed by atoms with E-state index in [-0.39, 0.29) is 18.9 Å². The summed E-state index contributed by atoms with van der Waals surface area (Å²) in [5, 5.41) is 22.9. The van der Waals surface area contributed by atoms with E-state index in [2.05, 4.69) is 5.32 Å². The van der Waals surface area contributed by atoms with E-state index >= 15 is 0 Å². The van der Waals surface area contributed by atoms with Crippen LogP contribution < -0.4 is 5.32 Å². The van der Waals surface area contributed by atoms with Gasteiger partial charge < -0.3 is 15.5 Å². The second kappa shape index (κ2) is 7.25. The number of carbonyl (C=O) groups is 2. The minimum absolute atomic E-state index is 0.0445. The molecule has 1 heterocycles. The maximum Gasteiger partial charge on any atom is 0.306 e. The first kappa shape index (κ1) is 15.7. The molecule has 0 bridgehead atoms. The summed E-state index contributed by atoms with van der Waals surface area (Å²) in [5.41, 5.74) is -1.41. The van der Waals surface area contributed by atoms with Crippen LogP contribution in [-0.2, 0) is 16.0 Å². The summed E-state index contributed by atoms with van der Waals surface area (Å²) < 4.78 is 0. The van der Waals surface area contributed by atoms with Crippen LogP contribution in [0.1, 0.15) is 31.1 Å². The molecule has 0 spiro atoms. The number of thiophene rings is 1. The first-order valence-electron chi connectivity index (χ1n) is 6.12. The third kappa shape index (κ3) is 6.93. The maximum atomic E-state index is 11.5. The molecular weight excluding hydrogens is 266 g/mol. The zero-order valence-electron chi connectivity index (χ0n) is 10.9. The van der Waals surface area contributed by atoms with Gasteiger partial charge in [-0.3, -0.25) is 9.59 Å². The molecule has 1 aromatic heterocycles. The van der Waals surface area contributed by atoms with Gasteiger partial charge in [-0.15, -0.1) is 11.3 Å². The normalized spacial score (nSPS) is 13.8. The molecule has 3 N–H and O–H groups in total. The predicted octanol–water partition coefficient (Wildman–Crippen LogP) is 1.41. The standard InChI is InChI=1S/C13H19NO4S/c1-13(18,8-12(16)17)9-14-11(15)6-2-4-10-5-3-7-19-10/h3,5,7,18H,2,4,6,8-9H2,1H3,(H,14,15)(H,16,17). The lowest BCUT2D eigenvalue weighted by atomic mass is 10.0. The van der Waals surface area contributed by atoms with Gasteiger partial charge in [0.25, 0.3) is 0 Å². The van der Waals surface area contributed by atoms with E-state index in [1.165, 1.54) is 11.8 Å². The fraction of sp³-hybridized carbons (Fsp3) is 0.538. The van der Waals surface area contributed by atoms with Gasteiger partial charge in [0.15, 0.2) is 0 Å². The van der Waals surface area contributed by atoms with E-state index in [1.807, 2.05) is 17.5 Å². The highest BCUT2D eigenvalue weighted by atomic mass is 32.1. The number of carboxylic acid groups (broad SMARTS) is 1. The smallest absolute Gasteiger partial charge is 0.306 e. The number of carbonyl (C=O) groups excluding carboxylic acids is 1.